The first-order chi connectivity index (χ1) is 14.9. The van der Waals surface area contributed by atoms with E-state index in [2.05, 4.69) is 15.5 Å². The molecule has 0 atom stereocenters. The highest BCUT2D eigenvalue weighted by molar-refractivity contribution is 7.91. The molecule has 2 aromatic carbocycles. The molecule has 0 radical (unpaired) electrons. The molecule has 0 aromatic heterocycles. The second-order valence-corrected chi connectivity index (χ2v) is 10.5. The van der Waals surface area contributed by atoms with Gasteiger partial charge in [0.15, 0.2) is 0 Å². The SMILES string of the molecule is CC(=O)Nc1cc(N2CCCNCC2)ccc1S(=O)(=O)c1cccc(F)c1.CS(=O)(=O)O.[HH]. The van der Waals surface area contributed by atoms with Gasteiger partial charge in [-0.1, -0.05) is 6.07 Å². The van der Waals surface area contributed by atoms with Crippen LogP contribution in [0.15, 0.2) is 52.3 Å². The standard InChI is InChI=1S/C19H22FN3O3S.CH4O3S.H2/c1-14(24)22-18-13-16(23-10-3-8-21-9-11-23)6-7-19(18)27(25,26)17-5-2-4-15(20)12-17;1-5(2,3)4;/h2,4-7,12-13,21H,3,8-11H2,1H3,(H,22,24);1H3,(H,2,3,4);1H. The Labute approximate surface area is 188 Å². The Morgan fingerprint density at radius 1 is 1.12 bits per heavy atom. The van der Waals surface area contributed by atoms with Crippen molar-refractivity contribution in [1.29, 1.82) is 0 Å². The number of rotatable bonds is 4. The summed E-state index contributed by atoms with van der Waals surface area (Å²) in [5.74, 6) is -1.01. The highest BCUT2D eigenvalue weighted by atomic mass is 32.2. The van der Waals surface area contributed by atoms with Crippen LogP contribution in [0.25, 0.3) is 0 Å². The van der Waals surface area contributed by atoms with Crippen molar-refractivity contribution in [1.82, 2.24) is 5.32 Å². The minimum Gasteiger partial charge on any atom is -0.370 e. The van der Waals surface area contributed by atoms with Crippen molar-refractivity contribution in [2.75, 3.05) is 42.7 Å². The van der Waals surface area contributed by atoms with E-state index in [-0.39, 0.29) is 22.8 Å². The molecule has 0 spiro atoms. The molecule has 2 aromatic rings. The van der Waals surface area contributed by atoms with Crippen LogP contribution in [0.3, 0.4) is 0 Å². The van der Waals surface area contributed by atoms with Gasteiger partial charge in [0.25, 0.3) is 10.1 Å². The molecule has 0 unspecified atom stereocenters. The number of carbonyl (C=O) groups excluding carboxylic acids is 1. The van der Waals surface area contributed by atoms with Gasteiger partial charge in [-0.2, -0.15) is 8.42 Å². The quantitative estimate of drug-likeness (QED) is 0.557. The Kier molecular flexibility index (Phi) is 8.73. The molecular weight excluding hydrogens is 461 g/mol. The Hall–Kier alpha value is -2.54. The van der Waals surface area contributed by atoms with Gasteiger partial charge in [-0.15, -0.1) is 0 Å². The summed E-state index contributed by atoms with van der Waals surface area (Å²) in [6.07, 6.45) is 1.69. The van der Waals surface area contributed by atoms with Gasteiger partial charge in [-0.3, -0.25) is 9.35 Å². The summed E-state index contributed by atoms with van der Waals surface area (Å²) in [7, 11) is -7.64. The molecule has 0 bridgehead atoms. The van der Waals surface area contributed by atoms with E-state index >= 15 is 0 Å². The average Bonchev–Trinajstić information content (AvgIpc) is 2.95. The van der Waals surface area contributed by atoms with Crippen LogP contribution in [0, 0.1) is 5.82 Å². The van der Waals surface area contributed by atoms with E-state index in [1.54, 1.807) is 12.1 Å². The lowest BCUT2D eigenvalue weighted by molar-refractivity contribution is -0.114. The Morgan fingerprint density at radius 3 is 2.44 bits per heavy atom. The zero-order chi connectivity index (χ0) is 23.9. The second-order valence-electron chi connectivity index (χ2n) is 7.15. The molecule has 9 nitrogen and oxygen atoms in total. The molecule has 1 aliphatic rings. The van der Waals surface area contributed by atoms with Gasteiger partial charge >= 0.3 is 0 Å². The Balaban J connectivity index is 0.000000821. The lowest BCUT2D eigenvalue weighted by Crippen LogP contribution is -2.28. The van der Waals surface area contributed by atoms with Crippen molar-refractivity contribution in [3.05, 3.63) is 48.3 Å². The molecular formula is C20H28FN3O6S2. The van der Waals surface area contributed by atoms with Gasteiger partial charge in [-0.05, 0) is 49.4 Å². The number of benzene rings is 2. The van der Waals surface area contributed by atoms with Gasteiger partial charge < -0.3 is 15.5 Å². The molecule has 1 fully saturated rings. The van der Waals surface area contributed by atoms with Crippen LogP contribution >= 0.6 is 0 Å². The van der Waals surface area contributed by atoms with Gasteiger partial charge in [0.2, 0.25) is 15.7 Å². The zero-order valence-electron chi connectivity index (χ0n) is 17.7. The molecule has 0 aliphatic carbocycles. The summed E-state index contributed by atoms with van der Waals surface area (Å²) in [6, 6.07) is 9.70. The zero-order valence-corrected chi connectivity index (χ0v) is 19.3. The maximum absolute atomic E-state index is 13.5. The van der Waals surface area contributed by atoms with Crippen LogP contribution < -0.4 is 15.5 Å². The lowest BCUT2D eigenvalue weighted by Gasteiger charge is -2.24. The smallest absolute Gasteiger partial charge is 0.261 e. The van der Waals surface area contributed by atoms with Crippen LogP contribution in [0.5, 0.6) is 0 Å². The summed E-state index contributed by atoms with van der Waals surface area (Å²) in [4.78, 5) is 13.6. The monoisotopic (exact) mass is 489 g/mol. The van der Waals surface area contributed by atoms with E-state index < -0.39 is 25.8 Å². The maximum atomic E-state index is 13.5. The fourth-order valence-electron chi connectivity index (χ4n) is 3.10. The minimum absolute atomic E-state index is 0. The summed E-state index contributed by atoms with van der Waals surface area (Å²) in [5.41, 5.74) is 1.03. The summed E-state index contributed by atoms with van der Waals surface area (Å²) >= 11 is 0. The maximum Gasteiger partial charge on any atom is 0.261 e. The molecule has 12 heteroatoms. The first-order valence-corrected chi connectivity index (χ1v) is 13.0. The highest BCUT2D eigenvalue weighted by Gasteiger charge is 2.24. The lowest BCUT2D eigenvalue weighted by atomic mass is 10.2. The third-order valence-corrected chi connectivity index (χ3v) is 6.18. The number of hydrogen-bond acceptors (Lipinski definition) is 7. The van der Waals surface area contributed by atoms with Crippen LogP contribution in [0.1, 0.15) is 14.8 Å². The molecule has 1 amide bonds. The Bertz CT molecular complexity index is 1160. The predicted octanol–water partition coefficient (Wildman–Crippen LogP) is 2.17. The summed E-state index contributed by atoms with van der Waals surface area (Å²) in [5, 5.41) is 5.92. The fraction of sp³-hybridized carbons (Fsp3) is 0.350. The van der Waals surface area contributed by atoms with Crippen molar-refractivity contribution in [2.24, 2.45) is 0 Å². The minimum atomic E-state index is -3.98. The van der Waals surface area contributed by atoms with E-state index in [9.17, 15) is 26.0 Å². The summed E-state index contributed by atoms with van der Waals surface area (Å²) in [6.45, 7) is 4.71. The summed E-state index contributed by atoms with van der Waals surface area (Å²) < 4.78 is 65.4. The average molecular weight is 490 g/mol. The van der Waals surface area contributed by atoms with Crippen molar-refractivity contribution < 1.29 is 32.0 Å². The van der Waals surface area contributed by atoms with Gasteiger partial charge in [0, 0.05) is 33.7 Å². The molecule has 1 saturated heterocycles. The topological polar surface area (TPSA) is 133 Å². The molecule has 0 saturated carbocycles. The van der Waals surface area contributed by atoms with Crippen LogP contribution in [0.4, 0.5) is 15.8 Å². The number of amides is 1. The largest absolute Gasteiger partial charge is 0.370 e. The Morgan fingerprint density at radius 2 is 1.81 bits per heavy atom. The molecule has 3 N–H and O–H groups in total. The first-order valence-electron chi connectivity index (χ1n) is 9.68. The number of nitrogens with one attached hydrogen (secondary N) is 2. The molecule has 1 heterocycles. The second kappa shape index (κ2) is 10.9. The number of sulfone groups is 1. The van der Waals surface area contributed by atoms with Crippen molar-refractivity contribution in [3.8, 4) is 0 Å². The third kappa shape index (κ3) is 7.86. The number of hydrogen-bond donors (Lipinski definition) is 3. The van der Waals surface area contributed by atoms with Gasteiger partial charge in [-0.25, -0.2) is 12.8 Å². The predicted molar refractivity (Wildman–Crippen MR) is 122 cm³/mol. The normalized spacial score (nSPS) is 14.7. The van der Waals surface area contributed by atoms with E-state index in [0.717, 1.165) is 44.4 Å². The van der Waals surface area contributed by atoms with Crippen molar-refractivity contribution in [3.63, 3.8) is 0 Å². The first kappa shape index (κ1) is 25.7. The van der Waals surface area contributed by atoms with E-state index in [1.807, 2.05) is 0 Å². The molecule has 1 aliphatic heterocycles. The van der Waals surface area contributed by atoms with E-state index in [0.29, 0.717) is 6.26 Å². The fourth-order valence-corrected chi connectivity index (χ4v) is 4.53. The van der Waals surface area contributed by atoms with Crippen molar-refractivity contribution in [2.45, 2.75) is 23.1 Å². The number of nitrogens with zero attached hydrogens (tertiary/aromatic N) is 1. The number of halogens is 1. The van der Waals surface area contributed by atoms with Gasteiger partial charge in [0.05, 0.1) is 21.7 Å². The van der Waals surface area contributed by atoms with E-state index in [1.165, 1.54) is 31.2 Å². The van der Waals surface area contributed by atoms with Crippen LogP contribution in [-0.4, -0.2) is 59.7 Å². The molecule has 178 valence electrons. The number of carbonyl (C=O) groups is 1. The van der Waals surface area contributed by atoms with E-state index in [4.69, 9.17) is 4.55 Å². The molecule has 32 heavy (non-hydrogen) atoms. The third-order valence-electron chi connectivity index (χ3n) is 4.37. The van der Waals surface area contributed by atoms with Crippen LogP contribution in [0.2, 0.25) is 0 Å². The van der Waals surface area contributed by atoms with Crippen LogP contribution in [-0.2, 0) is 24.7 Å². The molecule has 3 rings (SSSR count). The number of anilines is 2. The highest BCUT2D eigenvalue weighted by Crippen LogP contribution is 2.32. The van der Waals surface area contributed by atoms with Gasteiger partial charge in [0.1, 0.15) is 5.82 Å². The van der Waals surface area contributed by atoms with Crippen molar-refractivity contribution >= 4 is 37.2 Å².